The van der Waals surface area contributed by atoms with Gasteiger partial charge in [-0.1, -0.05) is 18.2 Å². The molecule has 0 bridgehead atoms. The van der Waals surface area contributed by atoms with Crippen LogP contribution in [0, 0.1) is 10.1 Å². The number of benzene rings is 2. The molecule has 0 aromatic heterocycles. The largest absolute Gasteiger partial charge is 0.395 e. The first-order valence-electron chi connectivity index (χ1n) is 8.08. The predicted octanol–water partition coefficient (Wildman–Crippen LogP) is 2.28. The average molecular weight is 356 g/mol. The zero-order valence-electron chi connectivity index (χ0n) is 14.1. The number of allylic oxidation sites excluding steroid dienone is 1. The van der Waals surface area contributed by atoms with Crippen LogP contribution in [-0.4, -0.2) is 47.2 Å². The van der Waals surface area contributed by atoms with E-state index in [0.717, 1.165) is 5.69 Å². The molecule has 0 aliphatic carbocycles. The van der Waals surface area contributed by atoms with Crippen molar-refractivity contribution in [3.05, 3.63) is 75.8 Å². The van der Waals surface area contributed by atoms with E-state index in [1.807, 2.05) is 6.07 Å². The van der Waals surface area contributed by atoms with E-state index in [-0.39, 0.29) is 24.7 Å². The molecule has 0 radical (unpaired) electrons. The van der Waals surface area contributed by atoms with Crippen molar-refractivity contribution < 1.29 is 19.9 Å². The van der Waals surface area contributed by atoms with Crippen LogP contribution in [-0.2, 0) is 0 Å². The second-order valence-corrected chi connectivity index (χ2v) is 5.53. The number of anilines is 1. The van der Waals surface area contributed by atoms with E-state index in [0.29, 0.717) is 24.2 Å². The number of nitrogens with zero attached hydrogens (tertiary/aromatic N) is 2. The molecule has 2 rings (SSSR count). The molecule has 0 atom stereocenters. The topological polar surface area (TPSA) is 104 Å². The van der Waals surface area contributed by atoms with Crippen molar-refractivity contribution in [1.29, 1.82) is 0 Å². The van der Waals surface area contributed by atoms with Gasteiger partial charge in [-0.3, -0.25) is 14.9 Å². The molecule has 0 fully saturated rings. The van der Waals surface area contributed by atoms with Gasteiger partial charge in [-0.15, -0.1) is 0 Å². The third kappa shape index (κ3) is 5.23. The fraction of sp³-hybridized carbons (Fsp3) is 0.211. The van der Waals surface area contributed by atoms with Gasteiger partial charge in [-0.05, 0) is 35.9 Å². The molecular formula is C19H20N2O5. The van der Waals surface area contributed by atoms with Crippen LogP contribution in [0.4, 0.5) is 11.4 Å². The Morgan fingerprint density at radius 3 is 2.31 bits per heavy atom. The van der Waals surface area contributed by atoms with Crippen LogP contribution >= 0.6 is 0 Å². The molecule has 7 nitrogen and oxygen atoms in total. The number of carbonyl (C=O) groups excluding carboxylic acids is 1. The number of hydrogen-bond donors (Lipinski definition) is 2. The summed E-state index contributed by atoms with van der Waals surface area (Å²) in [5, 5.41) is 28.9. The molecule has 0 aliphatic heterocycles. The van der Waals surface area contributed by atoms with Crippen molar-refractivity contribution in [2.45, 2.75) is 0 Å². The van der Waals surface area contributed by atoms with E-state index in [4.69, 9.17) is 10.2 Å². The maximum Gasteiger partial charge on any atom is 0.269 e. The fourth-order valence-corrected chi connectivity index (χ4v) is 2.44. The van der Waals surface area contributed by atoms with E-state index in [1.165, 1.54) is 18.2 Å². The number of aliphatic hydroxyl groups is 2. The monoisotopic (exact) mass is 356 g/mol. The van der Waals surface area contributed by atoms with Crippen molar-refractivity contribution >= 4 is 23.2 Å². The van der Waals surface area contributed by atoms with Gasteiger partial charge in [0.25, 0.3) is 5.69 Å². The lowest BCUT2D eigenvalue weighted by atomic mass is 10.1. The van der Waals surface area contributed by atoms with E-state index in [2.05, 4.69) is 0 Å². The molecule has 2 aromatic carbocycles. The summed E-state index contributed by atoms with van der Waals surface area (Å²) in [5.41, 5.74) is 1.89. The minimum atomic E-state index is -0.478. The number of hydrogen-bond acceptors (Lipinski definition) is 6. The van der Waals surface area contributed by atoms with Crippen LogP contribution in [0.15, 0.2) is 54.6 Å². The minimum Gasteiger partial charge on any atom is -0.395 e. The summed E-state index contributed by atoms with van der Waals surface area (Å²) >= 11 is 0. The highest BCUT2D eigenvalue weighted by Crippen LogP contribution is 2.17. The maximum atomic E-state index is 12.4. The second-order valence-electron chi connectivity index (χ2n) is 5.53. The van der Waals surface area contributed by atoms with Crippen LogP contribution < -0.4 is 4.90 Å². The quantitative estimate of drug-likeness (QED) is 0.309. The van der Waals surface area contributed by atoms with Gasteiger partial charge >= 0.3 is 0 Å². The number of ketones is 1. The molecule has 0 amide bonds. The summed E-state index contributed by atoms with van der Waals surface area (Å²) in [6.45, 7) is 0.601. The summed E-state index contributed by atoms with van der Waals surface area (Å²) in [4.78, 5) is 24.3. The fourth-order valence-electron chi connectivity index (χ4n) is 2.44. The summed E-state index contributed by atoms with van der Waals surface area (Å²) in [5.74, 6) is -0.210. The Kier molecular flexibility index (Phi) is 7.02. The molecule has 0 heterocycles. The van der Waals surface area contributed by atoms with Gasteiger partial charge in [0, 0.05) is 36.5 Å². The van der Waals surface area contributed by atoms with Crippen molar-refractivity contribution in [3.8, 4) is 0 Å². The average Bonchev–Trinajstić information content (AvgIpc) is 2.66. The molecule has 136 valence electrons. The zero-order valence-corrected chi connectivity index (χ0v) is 14.1. The Hall–Kier alpha value is -3.03. The van der Waals surface area contributed by atoms with Crippen LogP contribution in [0.25, 0.3) is 6.08 Å². The molecule has 26 heavy (non-hydrogen) atoms. The Balaban J connectivity index is 2.13. The standard InChI is InChI=1S/C19H20N2O5/c22-12-10-20(11-13-23)18-3-1-2-16(14-18)19(24)9-6-15-4-7-17(8-5-15)21(25)26/h1-9,14,22-23H,10-13H2/b9-6+. The van der Waals surface area contributed by atoms with Crippen molar-refractivity contribution in [3.63, 3.8) is 0 Å². The highest BCUT2D eigenvalue weighted by Gasteiger charge is 2.09. The molecule has 0 aliphatic rings. The van der Waals surface area contributed by atoms with E-state index in [1.54, 1.807) is 41.3 Å². The lowest BCUT2D eigenvalue weighted by Gasteiger charge is -2.23. The maximum absolute atomic E-state index is 12.4. The van der Waals surface area contributed by atoms with Crippen molar-refractivity contribution in [2.75, 3.05) is 31.2 Å². The number of rotatable bonds is 9. The van der Waals surface area contributed by atoms with Crippen molar-refractivity contribution in [2.24, 2.45) is 0 Å². The van der Waals surface area contributed by atoms with Crippen LogP contribution in [0.5, 0.6) is 0 Å². The zero-order chi connectivity index (χ0) is 18.9. The third-order valence-electron chi connectivity index (χ3n) is 3.77. The predicted molar refractivity (Wildman–Crippen MR) is 99.3 cm³/mol. The molecular weight excluding hydrogens is 336 g/mol. The van der Waals surface area contributed by atoms with Gasteiger partial charge in [0.2, 0.25) is 0 Å². The second kappa shape index (κ2) is 9.45. The minimum absolute atomic E-state index is 0.00552. The molecule has 2 N–H and O–H groups in total. The van der Waals surface area contributed by atoms with Crippen LogP contribution in [0.2, 0.25) is 0 Å². The molecule has 0 spiro atoms. The summed E-state index contributed by atoms with van der Waals surface area (Å²) < 4.78 is 0. The smallest absolute Gasteiger partial charge is 0.269 e. The number of non-ortho nitro benzene ring substituents is 1. The molecule has 7 heteroatoms. The van der Waals surface area contributed by atoms with Crippen LogP contribution in [0.1, 0.15) is 15.9 Å². The summed E-state index contributed by atoms with van der Waals surface area (Å²) in [6.07, 6.45) is 3.00. The first-order valence-corrected chi connectivity index (χ1v) is 8.08. The van der Waals surface area contributed by atoms with Gasteiger partial charge in [0.15, 0.2) is 5.78 Å². The molecule has 0 saturated carbocycles. The summed E-state index contributed by atoms with van der Waals surface area (Å²) in [6, 6.07) is 12.8. The van der Waals surface area contributed by atoms with E-state index < -0.39 is 4.92 Å². The first kappa shape index (κ1) is 19.3. The normalized spacial score (nSPS) is 10.8. The highest BCUT2D eigenvalue weighted by molar-refractivity contribution is 6.07. The Morgan fingerprint density at radius 2 is 1.73 bits per heavy atom. The summed E-state index contributed by atoms with van der Waals surface area (Å²) in [7, 11) is 0. The first-order chi connectivity index (χ1) is 12.5. The van der Waals surface area contributed by atoms with Gasteiger partial charge in [-0.2, -0.15) is 0 Å². The van der Waals surface area contributed by atoms with Gasteiger partial charge in [-0.25, -0.2) is 0 Å². The lowest BCUT2D eigenvalue weighted by Crippen LogP contribution is -2.29. The SMILES string of the molecule is O=C(/C=C/c1ccc([N+](=O)[O-])cc1)c1cccc(N(CCO)CCO)c1. The van der Waals surface area contributed by atoms with E-state index >= 15 is 0 Å². The lowest BCUT2D eigenvalue weighted by molar-refractivity contribution is -0.384. The molecule has 0 saturated heterocycles. The van der Waals surface area contributed by atoms with Gasteiger partial charge in [0.1, 0.15) is 0 Å². The molecule has 0 unspecified atom stereocenters. The van der Waals surface area contributed by atoms with Crippen molar-refractivity contribution in [1.82, 2.24) is 0 Å². The van der Waals surface area contributed by atoms with Gasteiger partial charge in [0.05, 0.1) is 18.1 Å². The molecule has 2 aromatic rings. The number of aliphatic hydroxyl groups excluding tert-OH is 2. The Bertz CT molecular complexity index is 781. The van der Waals surface area contributed by atoms with Crippen LogP contribution in [0.3, 0.4) is 0 Å². The Morgan fingerprint density at radius 1 is 1.08 bits per heavy atom. The van der Waals surface area contributed by atoms with Gasteiger partial charge < -0.3 is 15.1 Å². The highest BCUT2D eigenvalue weighted by atomic mass is 16.6. The Labute approximate surface area is 151 Å². The third-order valence-corrected chi connectivity index (χ3v) is 3.77. The number of nitro benzene ring substituents is 1. The number of carbonyl (C=O) groups is 1. The number of nitro groups is 1. The van der Waals surface area contributed by atoms with E-state index in [9.17, 15) is 14.9 Å².